The molecule has 4 aliphatic rings. The van der Waals surface area contributed by atoms with E-state index in [-0.39, 0.29) is 25.8 Å². The lowest BCUT2D eigenvalue weighted by atomic mass is 9.86. The molecule has 3 aliphatic heterocycles. The lowest BCUT2D eigenvalue weighted by Gasteiger charge is -2.36. The van der Waals surface area contributed by atoms with E-state index in [1.54, 1.807) is 33.8 Å². The van der Waals surface area contributed by atoms with Crippen LogP contribution in [0.2, 0.25) is 5.02 Å². The molecule has 6 rings (SSSR count). The van der Waals surface area contributed by atoms with Crippen LogP contribution >= 0.6 is 11.6 Å². The molecular formula is C39H52ClN5O8S. The molecule has 13 nitrogen and oxygen atoms in total. The smallest absolute Gasteiger partial charge is 0.408 e. The number of hydrogen-bond donors (Lipinski definition) is 3. The van der Waals surface area contributed by atoms with Crippen LogP contribution in [-0.4, -0.2) is 82.7 Å². The van der Waals surface area contributed by atoms with Gasteiger partial charge in [0.2, 0.25) is 21.8 Å². The maximum absolute atomic E-state index is 14.7. The van der Waals surface area contributed by atoms with Gasteiger partial charge in [-0.05, 0) is 104 Å². The Bertz CT molecular complexity index is 1970. The summed E-state index contributed by atoms with van der Waals surface area (Å²) in [6, 6.07) is 3.41. The predicted molar refractivity (Wildman–Crippen MR) is 205 cm³/mol. The van der Waals surface area contributed by atoms with Crippen LogP contribution in [0.1, 0.15) is 110 Å². The number of alkyl carbamates (subject to hydrolysis) is 1. The minimum Gasteiger partial charge on any atom is -0.483 e. The van der Waals surface area contributed by atoms with Gasteiger partial charge in [0.15, 0.2) is 0 Å². The van der Waals surface area contributed by atoms with Crippen molar-refractivity contribution < 1.29 is 37.1 Å². The number of rotatable bonds is 6. The maximum Gasteiger partial charge on any atom is 0.408 e. The number of allylic oxidation sites excluding steroid dienone is 1. The van der Waals surface area contributed by atoms with Gasteiger partial charge in [0.25, 0.3) is 5.91 Å². The minimum atomic E-state index is -4.02. The highest BCUT2D eigenvalue weighted by molar-refractivity contribution is 7.91. The van der Waals surface area contributed by atoms with Gasteiger partial charge >= 0.3 is 6.09 Å². The van der Waals surface area contributed by atoms with Gasteiger partial charge in [-0.2, -0.15) is 0 Å². The molecule has 1 aromatic carbocycles. The molecule has 1 saturated heterocycles. The van der Waals surface area contributed by atoms with Crippen molar-refractivity contribution in [1.82, 2.24) is 25.2 Å². The van der Waals surface area contributed by atoms with Gasteiger partial charge < -0.3 is 25.0 Å². The van der Waals surface area contributed by atoms with Crippen LogP contribution in [0.15, 0.2) is 30.4 Å². The molecule has 1 spiro atoms. The van der Waals surface area contributed by atoms with E-state index in [1.165, 1.54) is 4.90 Å². The summed E-state index contributed by atoms with van der Waals surface area (Å²) in [6.07, 6.45) is 7.90. The molecule has 4 amide bonds. The number of ether oxygens (including phenoxy) is 2. The summed E-state index contributed by atoms with van der Waals surface area (Å²) in [5, 5.41) is 7.14. The zero-order chi connectivity index (χ0) is 39.1. The number of carbonyl (C=O) groups is 4. The van der Waals surface area contributed by atoms with Crippen LogP contribution in [0.3, 0.4) is 0 Å². The first-order valence-electron chi connectivity index (χ1n) is 19.1. The molecular weight excluding hydrogens is 734 g/mol. The molecule has 15 heteroatoms. The SMILES string of the molecule is CCC1(C(=O)NS(=O)(=O)C2(C)CC2)CC=CCCCCCC(NC(=O)OC(C)C)C(=O)N2CC3(CCc4c(c(C)nc5ccc(Cl)cc45)O3)CC2C(=O)N1. The van der Waals surface area contributed by atoms with Crippen LogP contribution in [0.4, 0.5) is 4.79 Å². The Hall–Kier alpha value is -3.91. The molecule has 54 heavy (non-hydrogen) atoms. The highest BCUT2D eigenvalue weighted by atomic mass is 35.5. The Morgan fingerprint density at radius 3 is 2.61 bits per heavy atom. The first-order chi connectivity index (χ1) is 25.5. The molecule has 2 aromatic rings. The van der Waals surface area contributed by atoms with E-state index in [0.717, 1.165) is 29.3 Å². The van der Waals surface area contributed by atoms with E-state index in [4.69, 9.17) is 26.1 Å². The average Bonchev–Trinajstić information content (AvgIpc) is 3.78. The van der Waals surface area contributed by atoms with Crippen molar-refractivity contribution in [3.8, 4) is 5.75 Å². The molecule has 4 atom stereocenters. The first kappa shape index (κ1) is 39.8. The van der Waals surface area contributed by atoms with Crippen molar-refractivity contribution in [2.45, 2.75) is 146 Å². The highest BCUT2D eigenvalue weighted by Crippen LogP contribution is 2.45. The number of carbonyl (C=O) groups excluding carboxylic acids is 4. The summed E-state index contributed by atoms with van der Waals surface area (Å²) in [4.78, 5) is 62.6. The maximum atomic E-state index is 14.7. The Morgan fingerprint density at radius 1 is 1.15 bits per heavy atom. The lowest BCUT2D eigenvalue weighted by molar-refractivity contribution is -0.142. The molecule has 1 aliphatic carbocycles. The molecule has 3 N–H and O–H groups in total. The summed E-state index contributed by atoms with van der Waals surface area (Å²) in [5.41, 5.74) is -0.242. The third kappa shape index (κ3) is 8.05. The number of aryl methyl sites for hydroxylation is 2. The van der Waals surface area contributed by atoms with Gasteiger partial charge in [-0.15, -0.1) is 0 Å². The van der Waals surface area contributed by atoms with Crippen LogP contribution in [0, 0.1) is 6.92 Å². The van der Waals surface area contributed by atoms with E-state index in [1.807, 2.05) is 31.2 Å². The summed E-state index contributed by atoms with van der Waals surface area (Å²) in [6.45, 7) is 8.64. The fourth-order valence-corrected chi connectivity index (χ4v) is 9.33. The Kier molecular flexibility index (Phi) is 11.3. The molecule has 2 fully saturated rings. The Morgan fingerprint density at radius 2 is 1.91 bits per heavy atom. The molecule has 1 aromatic heterocycles. The van der Waals surface area contributed by atoms with Crippen LogP contribution in [0.5, 0.6) is 5.75 Å². The number of benzene rings is 1. The number of aromatic nitrogens is 1. The summed E-state index contributed by atoms with van der Waals surface area (Å²) >= 11 is 6.38. The van der Waals surface area contributed by atoms with Crippen molar-refractivity contribution in [3.63, 3.8) is 0 Å². The number of nitrogens with one attached hydrogen (secondary N) is 3. The van der Waals surface area contributed by atoms with Crippen LogP contribution in [0.25, 0.3) is 10.9 Å². The fraction of sp³-hybridized carbons (Fsp3) is 0.615. The van der Waals surface area contributed by atoms with Crippen molar-refractivity contribution in [3.05, 3.63) is 46.6 Å². The third-order valence-electron chi connectivity index (χ3n) is 11.5. The summed E-state index contributed by atoms with van der Waals surface area (Å²) in [5.74, 6) is -1.33. The van der Waals surface area contributed by atoms with E-state index >= 15 is 0 Å². The fourth-order valence-electron chi connectivity index (χ4n) is 7.83. The third-order valence-corrected chi connectivity index (χ3v) is 13.9. The second-order valence-electron chi connectivity index (χ2n) is 15.9. The topological polar surface area (TPSA) is 173 Å². The monoisotopic (exact) mass is 785 g/mol. The quantitative estimate of drug-likeness (QED) is 0.318. The zero-order valence-corrected chi connectivity index (χ0v) is 33.3. The number of fused-ring (bicyclic) bond motifs is 4. The number of hydrogen-bond acceptors (Lipinski definition) is 9. The highest BCUT2D eigenvalue weighted by Gasteiger charge is 2.56. The molecule has 1 saturated carbocycles. The molecule has 4 unspecified atom stereocenters. The molecule has 4 heterocycles. The van der Waals surface area contributed by atoms with Gasteiger partial charge in [0, 0.05) is 22.4 Å². The van der Waals surface area contributed by atoms with E-state index < -0.39 is 67.9 Å². The largest absolute Gasteiger partial charge is 0.483 e. The van der Waals surface area contributed by atoms with Crippen molar-refractivity contribution in [2.75, 3.05) is 6.54 Å². The Labute approximate surface area is 322 Å². The number of amides is 4. The molecule has 0 bridgehead atoms. The zero-order valence-electron chi connectivity index (χ0n) is 31.8. The molecule has 0 radical (unpaired) electrons. The van der Waals surface area contributed by atoms with Gasteiger partial charge in [-0.25, -0.2) is 18.2 Å². The summed E-state index contributed by atoms with van der Waals surface area (Å²) < 4.78 is 40.0. The number of pyridine rings is 1. The molecule has 294 valence electrons. The Balaban J connectivity index is 1.38. The predicted octanol–water partition coefficient (Wildman–Crippen LogP) is 5.54. The van der Waals surface area contributed by atoms with E-state index in [2.05, 4.69) is 15.4 Å². The van der Waals surface area contributed by atoms with Crippen molar-refractivity contribution >= 4 is 56.3 Å². The van der Waals surface area contributed by atoms with Crippen LogP contribution in [-0.2, 0) is 35.6 Å². The first-order valence-corrected chi connectivity index (χ1v) is 21.0. The van der Waals surface area contributed by atoms with Crippen LogP contribution < -0.4 is 20.1 Å². The van der Waals surface area contributed by atoms with Gasteiger partial charge in [-0.1, -0.05) is 43.5 Å². The van der Waals surface area contributed by atoms with Crippen molar-refractivity contribution in [1.29, 1.82) is 0 Å². The number of halogens is 1. The van der Waals surface area contributed by atoms with Gasteiger partial charge in [0.1, 0.15) is 29.0 Å². The van der Waals surface area contributed by atoms with E-state index in [9.17, 15) is 27.6 Å². The van der Waals surface area contributed by atoms with E-state index in [0.29, 0.717) is 61.4 Å². The van der Waals surface area contributed by atoms with Gasteiger partial charge in [0.05, 0.1) is 28.6 Å². The second-order valence-corrected chi connectivity index (χ2v) is 18.5. The minimum absolute atomic E-state index is 0.0335. The average molecular weight is 786 g/mol. The lowest BCUT2D eigenvalue weighted by Crippen LogP contribution is -2.63. The van der Waals surface area contributed by atoms with Gasteiger partial charge in [-0.3, -0.25) is 19.1 Å². The normalized spacial score (nSPS) is 27.3. The second kappa shape index (κ2) is 15.3. The number of sulfonamides is 1. The standard InChI is InChI=1S/C39H52ClN5O8S/c1-6-39(35(48)44-54(50,51)37(5)19-20-37)17-12-10-8-7-9-11-13-30(42-36(49)52-24(2)3)34(47)45-23-38(22-31(45)33(46)43-39)18-16-27-28-21-26(40)14-15-29(28)41-25(4)32(27)53-38/h10,12,14-15,21,24,30-31H,6-9,11,13,16-20,22-23H2,1-5H3,(H,42,49)(H,43,46)(H,44,48). The summed E-state index contributed by atoms with van der Waals surface area (Å²) in [7, 11) is -4.02. The van der Waals surface area contributed by atoms with Crippen molar-refractivity contribution in [2.24, 2.45) is 0 Å². The number of nitrogens with zero attached hydrogens (tertiary/aromatic N) is 2.